The Morgan fingerprint density at radius 3 is 2.51 bits per heavy atom. The van der Waals surface area contributed by atoms with Crippen LogP contribution in [0.4, 0.5) is 22.2 Å². The summed E-state index contributed by atoms with van der Waals surface area (Å²) in [6.45, 7) is 10.7. The number of carbonyl (C=O) groups is 1. The molecule has 3 aromatic rings. The highest BCUT2D eigenvalue weighted by atomic mass is 16.6. The number of aryl methyl sites for hydroxylation is 3. The van der Waals surface area contributed by atoms with Gasteiger partial charge >= 0.3 is 6.09 Å². The number of nitrogens with two attached hydrogens (primary N) is 1. The molecular weight excluding hydrogens is 550 g/mol. The van der Waals surface area contributed by atoms with E-state index in [1.807, 2.05) is 43.6 Å². The van der Waals surface area contributed by atoms with Crippen LogP contribution in [0.1, 0.15) is 16.8 Å². The number of anilines is 3. The van der Waals surface area contributed by atoms with E-state index in [4.69, 9.17) is 24.4 Å². The molecule has 1 saturated heterocycles. The summed E-state index contributed by atoms with van der Waals surface area (Å²) < 4.78 is 22.4. The highest BCUT2D eigenvalue weighted by molar-refractivity contribution is 5.98. The van der Waals surface area contributed by atoms with Gasteiger partial charge in [-0.2, -0.15) is 4.98 Å². The van der Waals surface area contributed by atoms with Crippen LogP contribution in [0.5, 0.6) is 17.2 Å². The number of methoxy groups -OCH3 is 2. The molecule has 0 unspecified atom stereocenters. The minimum Gasteiger partial charge on any atom is -0.497 e. The second kappa shape index (κ2) is 15.1. The molecule has 1 fully saturated rings. The fraction of sp³-hybridized carbons (Fsp3) is 0.355. The van der Waals surface area contributed by atoms with E-state index in [1.165, 1.54) is 18.2 Å². The third-order valence-corrected chi connectivity index (χ3v) is 6.90. The summed E-state index contributed by atoms with van der Waals surface area (Å²) in [7, 11) is 3.07. The normalized spacial score (nSPS) is 13.7. The number of benzene rings is 2. The number of allylic oxidation sites excluding steroid dienone is 1. The lowest BCUT2D eigenvalue weighted by atomic mass is 10.1. The molecule has 12 heteroatoms. The average Bonchev–Trinajstić information content (AvgIpc) is 3.01. The lowest BCUT2D eigenvalue weighted by Gasteiger charge is -2.25. The Kier molecular flexibility index (Phi) is 11.0. The molecule has 0 atom stereocenters. The molecule has 1 amide bonds. The van der Waals surface area contributed by atoms with Gasteiger partial charge in [0.15, 0.2) is 0 Å². The van der Waals surface area contributed by atoms with E-state index in [1.54, 1.807) is 38.3 Å². The number of rotatable bonds is 12. The van der Waals surface area contributed by atoms with E-state index >= 15 is 0 Å². The first-order valence-electron chi connectivity index (χ1n) is 14.1. The summed E-state index contributed by atoms with van der Waals surface area (Å²) in [5.41, 5.74) is 3.15. The predicted molar refractivity (Wildman–Crippen MR) is 165 cm³/mol. The van der Waals surface area contributed by atoms with Gasteiger partial charge in [-0.25, -0.2) is 14.7 Å². The molecule has 2 heterocycles. The third-order valence-electron chi connectivity index (χ3n) is 6.90. The van der Waals surface area contributed by atoms with Gasteiger partial charge < -0.3 is 35.0 Å². The Morgan fingerprint density at radius 1 is 1.09 bits per heavy atom. The Balaban J connectivity index is 1.64. The van der Waals surface area contributed by atoms with E-state index in [-0.39, 0.29) is 11.8 Å². The van der Waals surface area contributed by atoms with Crippen LogP contribution >= 0.6 is 0 Å². The van der Waals surface area contributed by atoms with Crippen molar-refractivity contribution in [2.75, 3.05) is 63.8 Å². The summed E-state index contributed by atoms with van der Waals surface area (Å²) in [4.78, 5) is 26.8. The minimum absolute atomic E-state index is 0.226. The Morgan fingerprint density at radius 2 is 1.84 bits per heavy atom. The first-order chi connectivity index (χ1) is 20.8. The summed E-state index contributed by atoms with van der Waals surface area (Å²) in [5, 5.41) is 13.0. The zero-order valence-corrected chi connectivity index (χ0v) is 25.3. The highest BCUT2D eigenvalue weighted by Crippen LogP contribution is 2.37. The fourth-order valence-electron chi connectivity index (χ4n) is 4.65. The van der Waals surface area contributed by atoms with Crippen molar-refractivity contribution in [3.63, 3.8) is 0 Å². The predicted octanol–water partition coefficient (Wildman–Crippen LogP) is 3.55. The van der Waals surface area contributed by atoms with Gasteiger partial charge in [0, 0.05) is 43.7 Å². The summed E-state index contributed by atoms with van der Waals surface area (Å²) >= 11 is 0. The van der Waals surface area contributed by atoms with Crippen LogP contribution in [-0.2, 0) is 4.74 Å². The van der Waals surface area contributed by atoms with Crippen molar-refractivity contribution < 1.29 is 29.1 Å². The summed E-state index contributed by atoms with van der Waals surface area (Å²) in [5.74, 6) is 1.91. The zero-order valence-electron chi connectivity index (χ0n) is 25.3. The molecule has 1 aliphatic rings. The largest absolute Gasteiger partial charge is 0.497 e. The van der Waals surface area contributed by atoms with Crippen LogP contribution in [0.2, 0.25) is 0 Å². The highest BCUT2D eigenvalue weighted by Gasteiger charge is 2.27. The SMILES string of the molecule is COc1ccc(N(C(=O)Oc2c(C)cccc2C)c2cc(C)nc(N/C(C=N)=C/[NH2+]CCN3CCOCC3)n2)c(OC)c1. The Hall–Kier alpha value is -4.52. The van der Waals surface area contributed by atoms with Crippen molar-refractivity contribution in [2.24, 2.45) is 0 Å². The van der Waals surface area contributed by atoms with E-state index in [0.29, 0.717) is 34.3 Å². The van der Waals surface area contributed by atoms with Crippen molar-refractivity contribution in [1.29, 1.82) is 5.41 Å². The summed E-state index contributed by atoms with van der Waals surface area (Å²) in [6, 6.07) is 12.5. The van der Waals surface area contributed by atoms with Gasteiger partial charge in [0.05, 0.1) is 39.7 Å². The Bertz CT molecular complexity index is 1440. The first-order valence-corrected chi connectivity index (χ1v) is 14.1. The van der Waals surface area contributed by atoms with E-state index in [2.05, 4.69) is 20.2 Å². The molecule has 2 aromatic carbocycles. The number of carbonyl (C=O) groups excluding carboxylic acids is 1. The number of para-hydroxylation sites is 1. The Labute approximate surface area is 252 Å². The molecule has 0 radical (unpaired) electrons. The second-order valence-electron chi connectivity index (χ2n) is 10.0. The van der Waals surface area contributed by atoms with Gasteiger partial charge in [0.1, 0.15) is 35.0 Å². The van der Waals surface area contributed by atoms with Gasteiger partial charge in [0.2, 0.25) is 5.95 Å². The van der Waals surface area contributed by atoms with Crippen LogP contribution in [-0.4, -0.2) is 80.8 Å². The maximum atomic E-state index is 13.9. The molecule has 0 spiro atoms. The topological polar surface area (TPSA) is 139 Å². The molecule has 0 aliphatic carbocycles. The number of quaternary nitrogens is 1. The van der Waals surface area contributed by atoms with Crippen molar-refractivity contribution >= 4 is 29.8 Å². The molecule has 0 bridgehead atoms. The molecule has 4 N–H and O–H groups in total. The quantitative estimate of drug-likeness (QED) is 0.213. The van der Waals surface area contributed by atoms with Crippen molar-refractivity contribution in [2.45, 2.75) is 20.8 Å². The molecule has 1 aliphatic heterocycles. The van der Waals surface area contributed by atoms with Crippen LogP contribution in [0.25, 0.3) is 0 Å². The fourth-order valence-corrected chi connectivity index (χ4v) is 4.65. The second-order valence-corrected chi connectivity index (χ2v) is 10.0. The molecule has 12 nitrogen and oxygen atoms in total. The number of nitrogens with one attached hydrogen (secondary N) is 2. The van der Waals surface area contributed by atoms with Crippen molar-refractivity contribution in [1.82, 2.24) is 14.9 Å². The van der Waals surface area contributed by atoms with Crippen molar-refractivity contribution in [3.8, 4) is 17.2 Å². The van der Waals surface area contributed by atoms with E-state index in [0.717, 1.165) is 50.5 Å². The van der Waals surface area contributed by atoms with Gasteiger partial charge in [-0.05, 0) is 44.0 Å². The molecule has 1 aromatic heterocycles. The monoisotopic (exact) mass is 590 g/mol. The molecule has 228 valence electrons. The lowest BCUT2D eigenvalue weighted by molar-refractivity contribution is -0.588. The number of ether oxygens (including phenoxy) is 4. The van der Waals surface area contributed by atoms with Gasteiger partial charge in [-0.1, -0.05) is 18.2 Å². The minimum atomic E-state index is -0.677. The molecule has 43 heavy (non-hydrogen) atoms. The van der Waals surface area contributed by atoms with Crippen LogP contribution in [0.15, 0.2) is 54.4 Å². The van der Waals surface area contributed by atoms with Gasteiger partial charge in [-0.3, -0.25) is 4.90 Å². The number of morpholine rings is 1. The first kappa shape index (κ1) is 31.4. The van der Waals surface area contributed by atoms with Gasteiger partial charge in [0.25, 0.3) is 0 Å². The van der Waals surface area contributed by atoms with Crippen molar-refractivity contribution in [3.05, 3.63) is 71.2 Å². The lowest BCUT2D eigenvalue weighted by Crippen LogP contribution is -2.80. The molecular formula is C31H40N7O5+. The maximum absolute atomic E-state index is 13.9. The standard InChI is InChI=1S/C31H39N7O5/c1-21-7-6-8-22(2)29(21)43-31(39)38(26-10-9-25(40-4)18-27(26)41-5)28-17-23(3)34-30(36-28)35-24(19-32)20-33-11-12-37-13-15-42-16-14-37/h6-10,17-20,32-33H,11-16H2,1-5H3,(H,34,35,36)/p+1/b24-20+,32-19?. The van der Waals surface area contributed by atoms with E-state index in [9.17, 15) is 4.79 Å². The number of aromatic nitrogens is 2. The van der Waals surface area contributed by atoms with Crippen LogP contribution in [0.3, 0.4) is 0 Å². The zero-order chi connectivity index (χ0) is 30.8. The van der Waals surface area contributed by atoms with E-state index < -0.39 is 6.09 Å². The third kappa shape index (κ3) is 8.28. The maximum Gasteiger partial charge on any atom is 0.425 e. The number of hydrogen-bond acceptors (Lipinski definition) is 10. The van der Waals surface area contributed by atoms with Crippen LogP contribution < -0.4 is 29.7 Å². The average molecular weight is 591 g/mol. The number of nitrogens with zero attached hydrogens (tertiary/aromatic N) is 4. The summed E-state index contributed by atoms with van der Waals surface area (Å²) in [6.07, 6.45) is 2.36. The smallest absolute Gasteiger partial charge is 0.425 e. The number of hydrogen-bond donors (Lipinski definition) is 3. The van der Waals surface area contributed by atoms with Gasteiger partial charge in [-0.15, -0.1) is 0 Å². The number of amides is 1. The molecule has 0 saturated carbocycles. The van der Waals surface area contributed by atoms with Crippen LogP contribution in [0, 0.1) is 26.2 Å². The molecule has 4 rings (SSSR count).